The Bertz CT molecular complexity index is 789. The van der Waals surface area contributed by atoms with Crippen LogP contribution in [0.1, 0.15) is 15.4 Å². The van der Waals surface area contributed by atoms with Gasteiger partial charge in [-0.2, -0.15) is 13.2 Å². The molecule has 0 atom stereocenters. The van der Waals surface area contributed by atoms with Crippen molar-refractivity contribution < 1.29 is 22.4 Å². The summed E-state index contributed by atoms with van der Waals surface area (Å²) in [4.78, 5) is 15.6. The predicted octanol–water partition coefficient (Wildman–Crippen LogP) is 3.31. The van der Waals surface area contributed by atoms with E-state index in [1.165, 1.54) is 11.0 Å². The van der Waals surface area contributed by atoms with Crippen LogP contribution >= 0.6 is 22.9 Å². The van der Waals surface area contributed by atoms with Crippen molar-refractivity contribution in [1.82, 2.24) is 15.1 Å². The molecular formula is C14H11ClF4N4OS. The van der Waals surface area contributed by atoms with E-state index in [-0.39, 0.29) is 34.7 Å². The zero-order chi connectivity index (χ0) is 18.2. The largest absolute Gasteiger partial charge is 0.445 e. The molecular weight excluding hydrogens is 384 g/mol. The van der Waals surface area contributed by atoms with Crippen molar-refractivity contribution in [1.29, 1.82) is 0 Å². The minimum atomic E-state index is -4.52. The summed E-state index contributed by atoms with van der Waals surface area (Å²) in [5.74, 6) is -0.888. The molecule has 3 rings (SSSR count). The number of carbonyl (C=O) groups is 1. The van der Waals surface area contributed by atoms with Crippen LogP contribution in [0.2, 0.25) is 5.02 Å². The molecule has 5 nitrogen and oxygen atoms in total. The van der Waals surface area contributed by atoms with Crippen molar-refractivity contribution >= 4 is 34.0 Å². The summed E-state index contributed by atoms with van der Waals surface area (Å²) in [5.41, 5.74) is 0.187. The summed E-state index contributed by atoms with van der Waals surface area (Å²) in [5, 5.41) is 5.90. The number of rotatable bonds is 2. The second-order valence-electron chi connectivity index (χ2n) is 5.29. The molecule has 0 bridgehead atoms. The number of carbonyl (C=O) groups excluding carboxylic acids is 1. The summed E-state index contributed by atoms with van der Waals surface area (Å²) in [6.07, 6.45) is -4.52. The fourth-order valence-corrected chi connectivity index (χ4v) is 3.40. The molecule has 134 valence electrons. The van der Waals surface area contributed by atoms with Crippen molar-refractivity contribution in [3.8, 4) is 0 Å². The van der Waals surface area contributed by atoms with Gasteiger partial charge in [-0.3, -0.25) is 4.79 Å². The van der Waals surface area contributed by atoms with E-state index in [9.17, 15) is 22.4 Å². The maximum atomic E-state index is 13.1. The van der Waals surface area contributed by atoms with E-state index in [2.05, 4.69) is 10.2 Å². The lowest BCUT2D eigenvalue weighted by Crippen LogP contribution is -2.48. The number of hydrogen-bond acceptors (Lipinski definition) is 5. The van der Waals surface area contributed by atoms with Gasteiger partial charge in [-0.25, -0.2) is 4.39 Å². The summed E-state index contributed by atoms with van der Waals surface area (Å²) in [6.45, 7) is 1.20. The van der Waals surface area contributed by atoms with Crippen molar-refractivity contribution in [2.75, 3.05) is 31.1 Å². The van der Waals surface area contributed by atoms with Crippen LogP contribution in [0.5, 0.6) is 0 Å². The highest BCUT2D eigenvalue weighted by molar-refractivity contribution is 7.15. The lowest BCUT2D eigenvalue weighted by molar-refractivity contribution is -0.138. The summed E-state index contributed by atoms with van der Waals surface area (Å²) in [6, 6.07) is 3.52. The average molecular weight is 395 g/mol. The zero-order valence-electron chi connectivity index (χ0n) is 12.6. The number of anilines is 1. The molecule has 1 aliphatic heterocycles. The van der Waals surface area contributed by atoms with Gasteiger partial charge < -0.3 is 9.80 Å². The van der Waals surface area contributed by atoms with Gasteiger partial charge in [-0.05, 0) is 18.2 Å². The summed E-state index contributed by atoms with van der Waals surface area (Å²) in [7, 11) is 0. The van der Waals surface area contributed by atoms with Crippen LogP contribution in [0.3, 0.4) is 0 Å². The van der Waals surface area contributed by atoms with Gasteiger partial charge >= 0.3 is 6.18 Å². The number of piperazine rings is 1. The first-order chi connectivity index (χ1) is 11.8. The quantitative estimate of drug-likeness (QED) is 0.733. The van der Waals surface area contributed by atoms with Crippen molar-refractivity contribution in [3.05, 3.63) is 39.6 Å². The highest BCUT2D eigenvalue weighted by Gasteiger charge is 2.36. The van der Waals surface area contributed by atoms with Crippen LogP contribution in [-0.2, 0) is 6.18 Å². The first kappa shape index (κ1) is 17.9. The van der Waals surface area contributed by atoms with Gasteiger partial charge in [0.05, 0.1) is 10.6 Å². The first-order valence-electron chi connectivity index (χ1n) is 7.15. The molecule has 1 aromatic heterocycles. The Hall–Kier alpha value is -1.94. The van der Waals surface area contributed by atoms with Gasteiger partial charge in [0.1, 0.15) is 5.82 Å². The number of alkyl halides is 3. The molecule has 2 aromatic rings. The topological polar surface area (TPSA) is 49.3 Å². The van der Waals surface area contributed by atoms with E-state index in [0.29, 0.717) is 24.4 Å². The van der Waals surface area contributed by atoms with Crippen LogP contribution in [0, 0.1) is 5.82 Å². The molecule has 1 aliphatic rings. The summed E-state index contributed by atoms with van der Waals surface area (Å²) < 4.78 is 50.8. The van der Waals surface area contributed by atoms with Gasteiger partial charge in [-0.1, -0.05) is 22.9 Å². The van der Waals surface area contributed by atoms with E-state index >= 15 is 0 Å². The normalized spacial score (nSPS) is 15.6. The van der Waals surface area contributed by atoms with Crippen LogP contribution in [-0.4, -0.2) is 47.2 Å². The highest BCUT2D eigenvalue weighted by atomic mass is 35.5. The molecule has 0 aliphatic carbocycles. The van der Waals surface area contributed by atoms with Crippen LogP contribution < -0.4 is 4.90 Å². The number of halogens is 5. The molecule has 0 N–H and O–H groups in total. The lowest BCUT2D eigenvalue weighted by atomic mass is 10.1. The Balaban J connectivity index is 1.65. The number of aromatic nitrogens is 2. The molecule has 0 spiro atoms. The molecule has 0 radical (unpaired) electrons. The molecule has 0 saturated carbocycles. The molecule has 1 amide bonds. The van der Waals surface area contributed by atoms with E-state index in [1.54, 1.807) is 4.90 Å². The molecule has 2 heterocycles. The second-order valence-corrected chi connectivity index (χ2v) is 6.65. The fraction of sp³-hybridized carbons (Fsp3) is 0.357. The zero-order valence-corrected chi connectivity index (χ0v) is 14.1. The molecule has 25 heavy (non-hydrogen) atoms. The molecule has 0 unspecified atom stereocenters. The third kappa shape index (κ3) is 3.84. The Kier molecular flexibility index (Phi) is 4.83. The van der Waals surface area contributed by atoms with Crippen LogP contribution in [0.25, 0.3) is 0 Å². The highest BCUT2D eigenvalue weighted by Crippen LogP contribution is 2.34. The minimum Gasteiger partial charge on any atom is -0.343 e. The van der Waals surface area contributed by atoms with E-state index in [4.69, 9.17) is 11.6 Å². The number of benzene rings is 1. The average Bonchev–Trinajstić information content (AvgIpc) is 3.05. The number of amides is 1. The monoisotopic (exact) mass is 394 g/mol. The summed E-state index contributed by atoms with van der Waals surface area (Å²) >= 11 is 6.36. The van der Waals surface area contributed by atoms with E-state index < -0.39 is 17.0 Å². The molecule has 11 heteroatoms. The Morgan fingerprint density at radius 3 is 2.40 bits per heavy atom. The minimum absolute atomic E-state index is 0.0198. The molecule has 1 aromatic carbocycles. The maximum Gasteiger partial charge on any atom is 0.445 e. The number of hydrogen-bond donors (Lipinski definition) is 0. The van der Waals surface area contributed by atoms with Crippen LogP contribution in [0.4, 0.5) is 22.7 Å². The smallest absolute Gasteiger partial charge is 0.343 e. The van der Waals surface area contributed by atoms with Gasteiger partial charge in [0.25, 0.3) is 5.91 Å². The Morgan fingerprint density at radius 1 is 1.16 bits per heavy atom. The van der Waals surface area contributed by atoms with E-state index in [1.807, 2.05) is 0 Å². The van der Waals surface area contributed by atoms with E-state index in [0.717, 1.165) is 12.1 Å². The lowest BCUT2D eigenvalue weighted by Gasteiger charge is -2.34. The fourth-order valence-electron chi connectivity index (χ4n) is 2.39. The van der Waals surface area contributed by atoms with Gasteiger partial charge in [0.2, 0.25) is 10.1 Å². The van der Waals surface area contributed by atoms with Gasteiger partial charge in [-0.15, -0.1) is 10.2 Å². The predicted molar refractivity (Wildman–Crippen MR) is 84.4 cm³/mol. The Morgan fingerprint density at radius 2 is 1.84 bits per heavy atom. The third-order valence-electron chi connectivity index (χ3n) is 3.66. The Labute approximate surface area is 148 Å². The molecule has 1 fully saturated rings. The van der Waals surface area contributed by atoms with Crippen molar-refractivity contribution in [3.63, 3.8) is 0 Å². The van der Waals surface area contributed by atoms with Crippen molar-refractivity contribution in [2.24, 2.45) is 0 Å². The van der Waals surface area contributed by atoms with Gasteiger partial charge in [0.15, 0.2) is 0 Å². The van der Waals surface area contributed by atoms with Crippen molar-refractivity contribution in [2.45, 2.75) is 6.18 Å². The standard InChI is InChI=1S/C14H11ClF4N4OS/c15-10-7-8(16)1-2-9(10)11(24)22-3-5-23(6-4-22)13-21-20-12(25-13)14(17,18)19/h1-2,7H,3-6H2. The SMILES string of the molecule is O=C(c1ccc(F)cc1Cl)N1CCN(c2nnc(C(F)(F)F)s2)CC1. The first-order valence-corrected chi connectivity index (χ1v) is 8.35. The second kappa shape index (κ2) is 6.75. The maximum absolute atomic E-state index is 13.1. The van der Waals surface area contributed by atoms with Crippen LogP contribution in [0.15, 0.2) is 18.2 Å². The number of nitrogens with zero attached hydrogens (tertiary/aromatic N) is 4. The third-order valence-corrected chi connectivity index (χ3v) is 5.00. The van der Waals surface area contributed by atoms with Gasteiger partial charge in [0, 0.05) is 26.2 Å². The molecule has 1 saturated heterocycles.